The third kappa shape index (κ3) is 4.67. The Balaban J connectivity index is 1.78. The van der Waals surface area contributed by atoms with Gasteiger partial charge in [-0.25, -0.2) is 0 Å². The fraction of sp³-hybridized carbons (Fsp3) is 0.440. The van der Waals surface area contributed by atoms with Crippen molar-refractivity contribution in [2.75, 3.05) is 0 Å². The molecule has 0 spiro atoms. The first-order valence-electron chi connectivity index (χ1n) is 11.1. The van der Waals surface area contributed by atoms with Crippen molar-refractivity contribution in [3.63, 3.8) is 0 Å². The maximum absolute atomic E-state index is 13.3. The Labute approximate surface area is 199 Å². The zero-order chi connectivity index (χ0) is 25.9. The molecule has 186 valence electrons. The standard InChI is InChI=1S/C25H24F3NO6/c1-23(2)21(30)20(22(31)24(3,4)35-23)17-12-15(8-9-16(17)13-5-6-13)34-19-10-7-14(25(26,27)28)11-18(19)29(32)33/h7-13,20H,5-6H2,1-4H3. The highest BCUT2D eigenvalue weighted by Crippen LogP contribution is 2.48. The SMILES string of the molecule is CC1(C)OC(C)(C)C(=O)C(c2cc(Oc3ccc(C(F)(F)F)cc3[N+](=O)[O-])ccc2C2CC2)C1=O. The Morgan fingerprint density at radius 1 is 0.971 bits per heavy atom. The second kappa shape index (κ2) is 8.15. The monoisotopic (exact) mass is 491 g/mol. The minimum Gasteiger partial charge on any atom is -0.450 e. The molecule has 2 aliphatic rings. The molecular formula is C25H24F3NO6. The number of benzene rings is 2. The van der Waals surface area contributed by atoms with Gasteiger partial charge < -0.3 is 9.47 Å². The molecule has 2 fully saturated rings. The molecule has 35 heavy (non-hydrogen) atoms. The Hall–Kier alpha value is -3.27. The quantitative estimate of drug-likeness (QED) is 0.285. The van der Waals surface area contributed by atoms with Gasteiger partial charge in [0.2, 0.25) is 5.75 Å². The van der Waals surface area contributed by atoms with Crippen molar-refractivity contribution in [3.05, 3.63) is 63.2 Å². The number of Topliss-reactive ketones (excluding diaryl/α,β-unsaturated/α-hetero) is 2. The maximum Gasteiger partial charge on any atom is 0.416 e. The number of nitro benzene ring substituents is 1. The van der Waals surface area contributed by atoms with E-state index in [0.29, 0.717) is 17.7 Å². The topological polar surface area (TPSA) is 95.7 Å². The lowest BCUT2D eigenvalue weighted by Crippen LogP contribution is -2.58. The number of halogens is 3. The summed E-state index contributed by atoms with van der Waals surface area (Å²) < 4.78 is 50.5. The summed E-state index contributed by atoms with van der Waals surface area (Å²) in [5.74, 6) is -2.12. The maximum atomic E-state index is 13.3. The summed E-state index contributed by atoms with van der Waals surface area (Å²) in [6, 6.07) is 6.69. The van der Waals surface area contributed by atoms with Crippen LogP contribution in [-0.4, -0.2) is 27.7 Å². The van der Waals surface area contributed by atoms with E-state index < -0.39 is 56.8 Å². The zero-order valence-corrected chi connectivity index (χ0v) is 19.6. The number of nitro groups is 1. The lowest BCUT2D eigenvalue weighted by molar-refractivity contribution is -0.385. The molecule has 0 aromatic heterocycles. The number of carbonyl (C=O) groups excluding carboxylic acids is 2. The lowest BCUT2D eigenvalue weighted by atomic mass is 9.73. The van der Waals surface area contributed by atoms with E-state index >= 15 is 0 Å². The number of ether oxygens (including phenoxy) is 2. The van der Waals surface area contributed by atoms with Gasteiger partial charge in [-0.1, -0.05) is 6.07 Å². The number of ketones is 2. The number of hydrogen-bond acceptors (Lipinski definition) is 6. The van der Waals surface area contributed by atoms with E-state index in [0.717, 1.165) is 24.5 Å². The Kier molecular flexibility index (Phi) is 5.78. The van der Waals surface area contributed by atoms with Crippen LogP contribution < -0.4 is 4.74 Å². The van der Waals surface area contributed by atoms with Crippen LogP contribution in [0.2, 0.25) is 0 Å². The molecule has 1 saturated heterocycles. The smallest absolute Gasteiger partial charge is 0.416 e. The van der Waals surface area contributed by atoms with Gasteiger partial charge in [0.05, 0.1) is 10.5 Å². The van der Waals surface area contributed by atoms with E-state index in [2.05, 4.69) is 0 Å². The first-order valence-corrected chi connectivity index (χ1v) is 11.1. The van der Waals surface area contributed by atoms with Crippen molar-refractivity contribution >= 4 is 17.3 Å². The molecule has 2 aromatic carbocycles. The van der Waals surface area contributed by atoms with E-state index in [9.17, 15) is 32.9 Å². The molecule has 0 radical (unpaired) electrons. The van der Waals surface area contributed by atoms with Crippen molar-refractivity contribution in [1.82, 2.24) is 0 Å². The van der Waals surface area contributed by atoms with E-state index in [4.69, 9.17) is 9.47 Å². The molecule has 0 unspecified atom stereocenters. The average molecular weight is 491 g/mol. The predicted molar refractivity (Wildman–Crippen MR) is 119 cm³/mol. The Morgan fingerprint density at radius 2 is 1.57 bits per heavy atom. The van der Waals surface area contributed by atoms with Crippen LogP contribution in [0.3, 0.4) is 0 Å². The molecule has 0 amide bonds. The fourth-order valence-electron chi connectivity index (χ4n) is 4.52. The third-order valence-electron chi connectivity index (χ3n) is 6.32. The van der Waals surface area contributed by atoms with Gasteiger partial charge in [0, 0.05) is 6.07 Å². The number of carbonyl (C=O) groups is 2. The van der Waals surface area contributed by atoms with Gasteiger partial charge in [-0.05, 0) is 81.8 Å². The predicted octanol–water partition coefficient (Wildman–Crippen LogP) is 6.09. The molecule has 2 aromatic rings. The number of hydrogen-bond donors (Lipinski definition) is 0. The Morgan fingerprint density at radius 3 is 2.09 bits per heavy atom. The number of alkyl halides is 3. The largest absolute Gasteiger partial charge is 0.450 e. The summed E-state index contributed by atoms with van der Waals surface area (Å²) in [7, 11) is 0. The van der Waals surface area contributed by atoms with Crippen LogP contribution in [0.25, 0.3) is 0 Å². The number of nitrogens with zero attached hydrogens (tertiary/aromatic N) is 1. The van der Waals surface area contributed by atoms with Crippen LogP contribution in [-0.2, 0) is 20.5 Å². The normalized spacial score (nSPS) is 20.1. The third-order valence-corrected chi connectivity index (χ3v) is 6.32. The van der Waals surface area contributed by atoms with E-state index in [1.165, 1.54) is 12.1 Å². The molecule has 0 bridgehead atoms. The van der Waals surface area contributed by atoms with Crippen LogP contribution in [0, 0.1) is 10.1 Å². The minimum atomic E-state index is -4.76. The van der Waals surface area contributed by atoms with E-state index in [1.54, 1.807) is 33.8 Å². The van der Waals surface area contributed by atoms with Crippen molar-refractivity contribution in [1.29, 1.82) is 0 Å². The molecule has 1 heterocycles. The van der Waals surface area contributed by atoms with Gasteiger partial charge in [-0.15, -0.1) is 0 Å². The first-order chi connectivity index (χ1) is 16.1. The second-order valence-electron chi connectivity index (χ2n) is 9.89. The summed E-state index contributed by atoms with van der Waals surface area (Å²) in [5.41, 5.74) is -3.26. The van der Waals surface area contributed by atoms with Gasteiger partial charge in [-0.3, -0.25) is 19.7 Å². The molecule has 0 atom stereocenters. The molecule has 4 rings (SSSR count). The van der Waals surface area contributed by atoms with Crippen LogP contribution in [0.4, 0.5) is 18.9 Å². The zero-order valence-electron chi connectivity index (χ0n) is 19.6. The van der Waals surface area contributed by atoms with Crippen molar-refractivity contribution in [2.24, 2.45) is 0 Å². The first kappa shape index (κ1) is 24.8. The van der Waals surface area contributed by atoms with E-state index in [-0.39, 0.29) is 11.7 Å². The molecule has 1 saturated carbocycles. The molecule has 7 nitrogen and oxygen atoms in total. The van der Waals surface area contributed by atoms with Crippen molar-refractivity contribution in [3.8, 4) is 11.5 Å². The van der Waals surface area contributed by atoms with Crippen LogP contribution in [0.1, 0.15) is 69.1 Å². The highest BCUT2D eigenvalue weighted by Gasteiger charge is 2.54. The minimum absolute atomic E-state index is 0.0648. The summed E-state index contributed by atoms with van der Waals surface area (Å²) in [4.78, 5) is 37.1. The van der Waals surface area contributed by atoms with Crippen LogP contribution in [0.5, 0.6) is 11.5 Å². The lowest BCUT2D eigenvalue weighted by Gasteiger charge is -2.43. The highest BCUT2D eigenvalue weighted by atomic mass is 19.4. The second-order valence-corrected chi connectivity index (χ2v) is 9.89. The average Bonchev–Trinajstić information content (AvgIpc) is 3.57. The van der Waals surface area contributed by atoms with Crippen LogP contribution >= 0.6 is 0 Å². The number of rotatable bonds is 5. The van der Waals surface area contributed by atoms with Gasteiger partial charge in [0.1, 0.15) is 22.9 Å². The summed E-state index contributed by atoms with van der Waals surface area (Å²) >= 11 is 0. The summed E-state index contributed by atoms with van der Waals surface area (Å²) in [5, 5.41) is 11.4. The van der Waals surface area contributed by atoms with Gasteiger partial charge in [0.25, 0.3) is 0 Å². The van der Waals surface area contributed by atoms with Crippen LogP contribution in [0.15, 0.2) is 36.4 Å². The van der Waals surface area contributed by atoms with Gasteiger partial charge in [0.15, 0.2) is 11.6 Å². The molecule has 1 aliphatic carbocycles. The van der Waals surface area contributed by atoms with Gasteiger partial charge in [-0.2, -0.15) is 13.2 Å². The molecule has 10 heteroatoms. The van der Waals surface area contributed by atoms with Crippen molar-refractivity contribution in [2.45, 2.75) is 69.8 Å². The summed E-state index contributed by atoms with van der Waals surface area (Å²) in [6.45, 7) is 6.39. The summed E-state index contributed by atoms with van der Waals surface area (Å²) in [6.07, 6.45) is -2.99. The molecule has 0 N–H and O–H groups in total. The van der Waals surface area contributed by atoms with E-state index in [1.807, 2.05) is 0 Å². The Bertz CT molecular complexity index is 1200. The fourth-order valence-corrected chi connectivity index (χ4v) is 4.52. The highest BCUT2D eigenvalue weighted by molar-refractivity contribution is 6.15. The molecule has 1 aliphatic heterocycles. The van der Waals surface area contributed by atoms with Gasteiger partial charge >= 0.3 is 11.9 Å². The molecular weight excluding hydrogens is 467 g/mol. The van der Waals surface area contributed by atoms with Crippen molar-refractivity contribution < 1.29 is 37.2 Å².